The molecule has 0 saturated heterocycles. The van der Waals surface area contributed by atoms with Gasteiger partial charge in [0.2, 0.25) is 0 Å². The number of imide groups is 1. The Morgan fingerprint density at radius 1 is 0.862 bits per heavy atom. The zero-order valence-electron chi connectivity index (χ0n) is 16.2. The minimum absolute atomic E-state index is 0.257. The highest BCUT2D eigenvalue weighted by atomic mass is 32.1. The van der Waals surface area contributed by atoms with E-state index in [1.54, 1.807) is 19.1 Å². The fourth-order valence-electron chi connectivity index (χ4n) is 2.81. The standard InChI is InChI=1S/C22H20N2O4S/c1-13-14(2)29-21(18(13)20(26)24-22(27)28-3)23-19(25)17-11-9-16(10-12-17)15-7-5-4-6-8-15/h4-12H,1-3H3,(H,23,25)(H,24,26,27). The first-order chi connectivity index (χ1) is 13.9. The number of amides is 3. The van der Waals surface area contributed by atoms with Gasteiger partial charge in [-0.1, -0.05) is 42.5 Å². The second-order valence-electron chi connectivity index (χ2n) is 6.33. The monoisotopic (exact) mass is 408 g/mol. The Morgan fingerprint density at radius 3 is 2.10 bits per heavy atom. The molecule has 0 fully saturated rings. The molecule has 7 heteroatoms. The van der Waals surface area contributed by atoms with Crippen LogP contribution in [-0.2, 0) is 4.74 Å². The van der Waals surface area contributed by atoms with Gasteiger partial charge >= 0.3 is 6.09 Å². The first-order valence-electron chi connectivity index (χ1n) is 8.87. The van der Waals surface area contributed by atoms with Gasteiger partial charge in [-0.3, -0.25) is 14.9 Å². The van der Waals surface area contributed by atoms with E-state index in [0.29, 0.717) is 16.1 Å². The summed E-state index contributed by atoms with van der Waals surface area (Å²) in [5.41, 5.74) is 3.49. The number of carbonyl (C=O) groups is 3. The number of hydrogen-bond acceptors (Lipinski definition) is 5. The summed E-state index contributed by atoms with van der Waals surface area (Å²) in [6, 6.07) is 17.1. The van der Waals surface area contributed by atoms with E-state index in [9.17, 15) is 14.4 Å². The molecule has 0 aliphatic carbocycles. The Hall–Kier alpha value is -3.45. The molecule has 1 heterocycles. The number of hydrogen-bond donors (Lipinski definition) is 2. The quantitative estimate of drug-likeness (QED) is 0.651. The van der Waals surface area contributed by atoms with Crippen molar-refractivity contribution in [2.75, 3.05) is 12.4 Å². The van der Waals surface area contributed by atoms with Gasteiger partial charge in [-0.2, -0.15) is 0 Å². The van der Waals surface area contributed by atoms with Gasteiger partial charge in [0, 0.05) is 10.4 Å². The van der Waals surface area contributed by atoms with Crippen LogP contribution in [0.1, 0.15) is 31.2 Å². The molecule has 148 valence electrons. The molecule has 0 radical (unpaired) electrons. The van der Waals surface area contributed by atoms with Crippen LogP contribution < -0.4 is 10.6 Å². The molecule has 1 aromatic heterocycles. The minimum atomic E-state index is -0.855. The number of carbonyl (C=O) groups excluding carboxylic acids is 3. The molecule has 3 rings (SSSR count). The molecular weight excluding hydrogens is 388 g/mol. The lowest BCUT2D eigenvalue weighted by Gasteiger charge is -2.08. The van der Waals surface area contributed by atoms with Crippen molar-refractivity contribution >= 4 is 34.2 Å². The third kappa shape index (κ3) is 4.52. The zero-order valence-corrected chi connectivity index (χ0v) is 17.1. The smallest absolute Gasteiger partial charge is 0.413 e. The molecule has 3 aromatic rings. The van der Waals surface area contributed by atoms with Crippen molar-refractivity contribution in [1.29, 1.82) is 0 Å². The van der Waals surface area contributed by atoms with Gasteiger partial charge in [0.25, 0.3) is 11.8 Å². The van der Waals surface area contributed by atoms with Crippen LogP contribution in [-0.4, -0.2) is 25.0 Å². The Morgan fingerprint density at radius 2 is 1.48 bits per heavy atom. The first-order valence-corrected chi connectivity index (χ1v) is 9.68. The normalized spacial score (nSPS) is 10.3. The van der Waals surface area contributed by atoms with E-state index in [2.05, 4.69) is 15.4 Å². The van der Waals surface area contributed by atoms with Crippen molar-refractivity contribution in [3.63, 3.8) is 0 Å². The van der Waals surface area contributed by atoms with Gasteiger partial charge in [0.15, 0.2) is 0 Å². The number of alkyl carbamates (subject to hydrolysis) is 1. The summed E-state index contributed by atoms with van der Waals surface area (Å²) < 4.78 is 4.47. The molecule has 0 spiro atoms. The minimum Gasteiger partial charge on any atom is -0.453 e. The van der Waals surface area contributed by atoms with Crippen molar-refractivity contribution < 1.29 is 19.1 Å². The number of anilines is 1. The third-order valence-electron chi connectivity index (χ3n) is 4.49. The fourth-order valence-corrected chi connectivity index (χ4v) is 3.87. The van der Waals surface area contributed by atoms with Crippen LogP contribution in [0.3, 0.4) is 0 Å². The lowest BCUT2D eigenvalue weighted by Crippen LogP contribution is -2.31. The molecule has 2 N–H and O–H groups in total. The average Bonchev–Trinajstić information content (AvgIpc) is 3.01. The third-order valence-corrected chi connectivity index (χ3v) is 5.62. The lowest BCUT2D eigenvalue weighted by atomic mass is 10.0. The van der Waals surface area contributed by atoms with Crippen molar-refractivity contribution in [3.05, 3.63) is 76.2 Å². The Balaban J connectivity index is 1.81. The lowest BCUT2D eigenvalue weighted by molar-refractivity contribution is 0.0937. The van der Waals surface area contributed by atoms with Gasteiger partial charge in [0.1, 0.15) is 5.00 Å². The molecule has 0 bridgehead atoms. The van der Waals surface area contributed by atoms with E-state index in [1.807, 2.05) is 49.4 Å². The van der Waals surface area contributed by atoms with Crippen molar-refractivity contribution in [2.24, 2.45) is 0 Å². The number of ether oxygens (including phenoxy) is 1. The highest BCUT2D eigenvalue weighted by molar-refractivity contribution is 7.16. The maximum Gasteiger partial charge on any atom is 0.413 e. The van der Waals surface area contributed by atoms with E-state index in [1.165, 1.54) is 18.4 Å². The second kappa shape index (κ2) is 8.70. The van der Waals surface area contributed by atoms with E-state index < -0.39 is 12.0 Å². The summed E-state index contributed by atoms with van der Waals surface area (Å²) >= 11 is 1.28. The molecule has 2 aromatic carbocycles. The van der Waals surface area contributed by atoms with Crippen LogP contribution in [0, 0.1) is 13.8 Å². The predicted molar refractivity (Wildman–Crippen MR) is 113 cm³/mol. The number of thiophene rings is 1. The molecule has 0 atom stereocenters. The first kappa shape index (κ1) is 20.3. The topological polar surface area (TPSA) is 84.5 Å². The van der Waals surface area contributed by atoms with Gasteiger partial charge in [-0.05, 0) is 42.7 Å². The van der Waals surface area contributed by atoms with Gasteiger partial charge < -0.3 is 10.1 Å². The van der Waals surface area contributed by atoms with Gasteiger partial charge in [0.05, 0.1) is 12.7 Å². The number of rotatable bonds is 4. The molecular formula is C22H20N2O4S. The van der Waals surface area contributed by atoms with E-state index in [4.69, 9.17) is 0 Å². The second-order valence-corrected chi connectivity index (χ2v) is 7.56. The maximum absolute atomic E-state index is 12.7. The summed E-state index contributed by atoms with van der Waals surface area (Å²) in [6.07, 6.45) is -0.855. The summed E-state index contributed by atoms with van der Waals surface area (Å²) in [5, 5.41) is 5.31. The molecule has 0 aliphatic heterocycles. The maximum atomic E-state index is 12.7. The van der Waals surface area contributed by atoms with Crippen LogP contribution in [0.4, 0.5) is 9.80 Å². The number of nitrogens with one attached hydrogen (secondary N) is 2. The highest BCUT2D eigenvalue weighted by Crippen LogP contribution is 2.33. The Labute approximate surface area is 172 Å². The highest BCUT2D eigenvalue weighted by Gasteiger charge is 2.23. The summed E-state index contributed by atoms with van der Waals surface area (Å²) in [4.78, 5) is 37.4. The number of aryl methyl sites for hydroxylation is 1. The van der Waals surface area contributed by atoms with E-state index in [-0.39, 0.29) is 11.5 Å². The van der Waals surface area contributed by atoms with Crippen LogP contribution >= 0.6 is 11.3 Å². The van der Waals surface area contributed by atoms with E-state index >= 15 is 0 Å². The molecule has 6 nitrogen and oxygen atoms in total. The van der Waals surface area contributed by atoms with Crippen LogP contribution in [0.15, 0.2) is 54.6 Å². The number of methoxy groups -OCH3 is 1. The average molecular weight is 408 g/mol. The Kier molecular flexibility index (Phi) is 6.09. The molecule has 29 heavy (non-hydrogen) atoms. The summed E-state index contributed by atoms with van der Waals surface area (Å²) in [6.45, 7) is 3.61. The van der Waals surface area contributed by atoms with Gasteiger partial charge in [-0.15, -0.1) is 11.3 Å². The van der Waals surface area contributed by atoms with Gasteiger partial charge in [-0.25, -0.2) is 4.79 Å². The number of benzene rings is 2. The fraction of sp³-hybridized carbons (Fsp3) is 0.136. The Bertz CT molecular complexity index is 1060. The van der Waals surface area contributed by atoms with E-state index in [0.717, 1.165) is 16.0 Å². The molecule has 3 amide bonds. The van der Waals surface area contributed by atoms with Crippen molar-refractivity contribution in [1.82, 2.24) is 5.32 Å². The predicted octanol–water partition coefficient (Wildman–Crippen LogP) is 4.78. The molecule has 0 aliphatic rings. The summed E-state index contributed by atoms with van der Waals surface area (Å²) in [5.74, 6) is -0.952. The van der Waals surface area contributed by atoms with Crippen molar-refractivity contribution in [3.8, 4) is 11.1 Å². The molecule has 0 saturated carbocycles. The largest absolute Gasteiger partial charge is 0.453 e. The summed E-state index contributed by atoms with van der Waals surface area (Å²) in [7, 11) is 1.18. The van der Waals surface area contributed by atoms with Crippen LogP contribution in [0.2, 0.25) is 0 Å². The van der Waals surface area contributed by atoms with Crippen LogP contribution in [0.25, 0.3) is 11.1 Å². The SMILES string of the molecule is COC(=O)NC(=O)c1c(NC(=O)c2ccc(-c3ccccc3)cc2)sc(C)c1C. The van der Waals surface area contributed by atoms with Crippen LogP contribution in [0.5, 0.6) is 0 Å². The van der Waals surface area contributed by atoms with Crippen molar-refractivity contribution in [2.45, 2.75) is 13.8 Å². The molecule has 0 unspecified atom stereocenters. The zero-order chi connectivity index (χ0) is 21.0.